The Morgan fingerprint density at radius 1 is 1.20 bits per heavy atom. The van der Waals surface area contributed by atoms with Crippen molar-refractivity contribution in [3.63, 3.8) is 0 Å². The Morgan fingerprint density at radius 3 is 2.32 bits per heavy atom. The van der Waals surface area contributed by atoms with Gasteiger partial charge in [-0.2, -0.15) is 0 Å². The van der Waals surface area contributed by atoms with Crippen molar-refractivity contribution in [1.29, 1.82) is 0 Å². The Kier molecular flexibility index (Phi) is 4.20. The highest BCUT2D eigenvalue weighted by molar-refractivity contribution is 6.34. The van der Waals surface area contributed by atoms with Crippen molar-refractivity contribution in [3.8, 4) is 0 Å². The number of nitro benzene ring substituents is 1. The zero-order chi connectivity index (χ0) is 17.6. The smallest absolute Gasteiger partial charge is 0.271 e. The van der Waals surface area contributed by atoms with Crippen LogP contribution in [0, 0.1) is 27.9 Å². The van der Waals surface area contributed by atoms with Gasteiger partial charge in [-0.1, -0.05) is 11.6 Å². The van der Waals surface area contributed by atoms with Gasteiger partial charge in [0.15, 0.2) is 0 Å². The van der Waals surface area contributed by atoms with Crippen molar-refractivity contribution in [2.75, 3.05) is 11.9 Å². The zero-order valence-electron chi connectivity index (χ0n) is 14.0. The summed E-state index contributed by atoms with van der Waals surface area (Å²) in [7, 11) is 0. The molecule has 25 heavy (non-hydrogen) atoms. The first-order valence-electron chi connectivity index (χ1n) is 8.91. The van der Waals surface area contributed by atoms with E-state index in [1.54, 1.807) is 0 Å². The van der Waals surface area contributed by atoms with E-state index in [0.29, 0.717) is 5.69 Å². The minimum atomic E-state index is -0.508. The quantitative estimate of drug-likeness (QED) is 0.616. The largest absolute Gasteiger partial charge is 0.324 e. The molecule has 0 unspecified atom stereocenters. The molecular weight excluding hydrogens is 342 g/mol. The monoisotopic (exact) mass is 363 g/mol. The second-order valence-electron chi connectivity index (χ2n) is 8.02. The summed E-state index contributed by atoms with van der Waals surface area (Å²) >= 11 is 6.03. The van der Waals surface area contributed by atoms with Crippen LogP contribution in [0.5, 0.6) is 0 Å². The van der Waals surface area contributed by atoms with Gasteiger partial charge in [0.25, 0.3) is 5.69 Å². The molecule has 0 heterocycles. The van der Waals surface area contributed by atoms with Crippen molar-refractivity contribution >= 4 is 28.9 Å². The van der Waals surface area contributed by atoms with Crippen LogP contribution < -0.4 is 10.6 Å². The number of rotatable bonds is 5. The maximum absolute atomic E-state index is 12.3. The molecule has 4 bridgehead atoms. The van der Waals surface area contributed by atoms with Crippen LogP contribution in [-0.4, -0.2) is 22.9 Å². The normalized spacial score (nSPS) is 32.6. The van der Waals surface area contributed by atoms with Crippen molar-refractivity contribution in [1.82, 2.24) is 5.32 Å². The molecule has 2 N–H and O–H groups in total. The molecular formula is C18H22ClN3O3. The first kappa shape index (κ1) is 16.8. The third kappa shape index (κ3) is 3.37. The number of nitrogens with zero attached hydrogens (tertiary/aromatic N) is 1. The van der Waals surface area contributed by atoms with Gasteiger partial charge in [-0.15, -0.1) is 0 Å². The molecule has 1 aromatic carbocycles. The van der Waals surface area contributed by atoms with E-state index in [0.717, 1.165) is 17.8 Å². The van der Waals surface area contributed by atoms with Crippen LogP contribution in [0.4, 0.5) is 11.4 Å². The van der Waals surface area contributed by atoms with E-state index in [4.69, 9.17) is 11.6 Å². The first-order valence-corrected chi connectivity index (χ1v) is 9.29. The Morgan fingerprint density at radius 2 is 1.80 bits per heavy atom. The average Bonchev–Trinajstić information content (AvgIpc) is 2.53. The van der Waals surface area contributed by atoms with E-state index in [1.807, 2.05) is 0 Å². The molecule has 4 aliphatic carbocycles. The van der Waals surface area contributed by atoms with E-state index >= 15 is 0 Å². The molecule has 5 rings (SSSR count). The molecule has 0 aliphatic heterocycles. The number of nitrogens with one attached hydrogen (secondary N) is 2. The van der Waals surface area contributed by atoms with Crippen LogP contribution in [-0.2, 0) is 4.79 Å². The Balaban J connectivity index is 1.36. The summed E-state index contributed by atoms with van der Waals surface area (Å²) in [6.07, 6.45) is 7.66. The zero-order valence-corrected chi connectivity index (χ0v) is 14.7. The van der Waals surface area contributed by atoms with Gasteiger partial charge in [-0.05, 0) is 62.3 Å². The van der Waals surface area contributed by atoms with Gasteiger partial charge in [-0.3, -0.25) is 14.9 Å². The number of carbonyl (C=O) groups excluding carboxylic acids is 1. The van der Waals surface area contributed by atoms with Crippen LogP contribution in [0.3, 0.4) is 0 Å². The first-order chi connectivity index (χ1) is 11.9. The van der Waals surface area contributed by atoms with Gasteiger partial charge >= 0.3 is 0 Å². The minimum Gasteiger partial charge on any atom is -0.324 e. The van der Waals surface area contributed by atoms with Crippen molar-refractivity contribution in [2.45, 2.75) is 44.1 Å². The number of anilines is 1. The van der Waals surface area contributed by atoms with Crippen LogP contribution in [0.15, 0.2) is 18.2 Å². The Hall–Kier alpha value is -1.66. The molecule has 4 aliphatic rings. The lowest BCUT2D eigenvalue weighted by Gasteiger charge is -2.57. The minimum absolute atomic E-state index is 0.0882. The molecule has 0 atom stereocenters. The SMILES string of the molecule is O=C(CNC12CC3CC(CC(C3)C1)C2)Nc1ccc([N+](=O)[O-])cc1Cl. The average molecular weight is 364 g/mol. The highest BCUT2D eigenvalue weighted by atomic mass is 35.5. The number of amides is 1. The summed E-state index contributed by atoms with van der Waals surface area (Å²) in [5, 5.41) is 17.2. The summed E-state index contributed by atoms with van der Waals surface area (Å²) in [4.78, 5) is 22.5. The maximum atomic E-state index is 12.3. The summed E-state index contributed by atoms with van der Waals surface area (Å²) in [6.45, 7) is 0.249. The lowest BCUT2D eigenvalue weighted by Crippen LogP contribution is -2.59. The standard InChI is InChI=1S/C18H22ClN3O3/c19-15-6-14(22(24)25)1-2-16(15)21-17(23)10-20-18-7-11-3-12(8-18)5-13(4-11)9-18/h1-2,6,11-13,20H,3-5,7-10H2,(H,21,23). The van der Waals surface area contributed by atoms with Crippen molar-refractivity contribution in [3.05, 3.63) is 33.3 Å². The van der Waals surface area contributed by atoms with Gasteiger partial charge < -0.3 is 10.6 Å². The molecule has 0 saturated heterocycles. The molecule has 1 amide bonds. The van der Waals surface area contributed by atoms with Gasteiger partial charge in [-0.25, -0.2) is 0 Å². The Bertz CT molecular complexity index is 686. The van der Waals surface area contributed by atoms with E-state index in [-0.39, 0.29) is 28.7 Å². The van der Waals surface area contributed by atoms with E-state index in [9.17, 15) is 14.9 Å². The molecule has 4 fully saturated rings. The molecule has 6 nitrogen and oxygen atoms in total. The number of carbonyl (C=O) groups is 1. The van der Waals surface area contributed by atoms with E-state index < -0.39 is 4.92 Å². The maximum Gasteiger partial charge on any atom is 0.271 e. The molecule has 0 spiro atoms. The molecule has 7 heteroatoms. The predicted molar refractivity (Wildman–Crippen MR) is 95.6 cm³/mol. The third-order valence-corrected chi connectivity index (χ3v) is 6.41. The number of halogens is 1. The number of benzene rings is 1. The van der Waals surface area contributed by atoms with Crippen LogP contribution >= 0.6 is 11.6 Å². The fourth-order valence-electron chi connectivity index (χ4n) is 5.51. The Labute approximate surface area is 151 Å². The van der Waals surface area contributed by atoms with Crippen LogP contribution in [0.2, 0.25) is 5.02 Å². The van der Waals surface area contributed by atoms with Crippen molar-refractivity contribution in [2.24, 2.45) is 17.8 Å². The fraction of sp³-hybridized carbons (Fsp3) is 0.611. The van der Waals surface area contributed by atoms with E-state index in [2.05, 4.69) is 10.6 Å². The molecule has 1 aromatic rings. The molecule has 4 saturated carbocycles. The topological polar surface area (TPSA) is 84.3 Å². The van der Waals surface area contributed by atoms with Gasteiger partial charge in [0, 0.05) is 17.7 Å². The highest BCUT2D eigenvalue weighted by Crippen LogP contribution is 2.55. The van der Waals surface area contributed by atoms with Crippen LogP contribution in [0.1, 0.15) is 38.5 Å². The fourth-order valence-corrected chi connectivity index (χ4v) is 5.73. The molecule has 0 aromatic heterocycles. The highest BCUT2D eigenvalue weighted by Gasteiger charge is 2.50. The van der Waals surface area contributed by atoms with Gasteiger partial charge in [0.2, 0.25) is 5.91 Å². The van der Waals surface area contributed by atoms with Crippen molar-refractivity contribution < 1.29 is 9.72 Å². The summed E-state index contributed by atoms with van der Waals surface area (Å²) in [6, 6.07) is 4.07. The second-order valence-corrected chi connectivity index (χ2v) is 8.43. The molecule has 0 radical (unpaired) electrons. The predicted octanol–water partition coefficient (Wildman–Crippen LogP) is 3.75. The van der Waals surface area contributed by atoms with Gasteiger partial charge in [0.05, 0.1) is 22.2 Å². The lowest BCUT2D eigenvalue weighted by molar-refractivity contribution is -0.384. The number of nitro groups is 1. The second kappa shape index (κ2) is 6.25. The number of hydrogen-bond donors (Lipinski definition) is 2. The summed E-state index contributed by atoms with van der Waals surface area (Å²) < 4.78 is 0. The third-order valence-electron chi connectivity index (χ3n) is 6.10. The molecule has 134 valence electrons. The number of non-ortho nitro benzene ring substituents is 1. The lowest BCUT2D eigenvalue weighted by atomic mass is 9.53. The van der Waals surface area contributed by atoms with E-state index in [1.165, 1.54) is 56.7 Å². The van der Waals surface area contributed by atoms with Crippen LogP contribution in [0.25, 0.3) is 0 Å². The summed E-state index contributed by atoms with van der Waals surface area (Å²) in [5.41, 5.74) is 0.449. The summed E-state index contributed by atoms with van der Waals surface area (Å²) in [5.74, 6) is 2.31. The van der Waals surface area contributed by atoms with Gasteiger partial charge in [0.1, 0.15) is 0 Å². The number of hydrogen-bond acceptors (Lipinski definition) is 4.